The first-order valence-electron chi connectivity index (χ1n) is 7.47. The van der Waals surface area contributed by atoms with Gasteiger partial charge in [-0.15, -0.1) is 0 Å². The van der Waals surface area contributed by atoms with E-state index in [9.17, 15) is 9.59 Å². The lowest BCUT2D eigenvalue weighted by atomic mass is 10.1. The molecule has 122 valence electrons. The molecule has 1 aromatic rings. The molecule has 0 bridgehead atoms. The Bertz CT molecular complexity index is 584. The number of nitrogens with zero attached hydrogens (tertiary/aromatic N) is 4. The van der Waals surface area contributed by atoms with Crippen molar-refractivity contribution in [1.29, 1.82) is 0 Å². The van der Waals surface area contributed by atoms with Crippen molar-refractivity contribution < 1.29 is 9.53 Å². The molecule has 1 aliphatic rings. The van der Waals surface area contributed by atoms with Crippen LogP contribution in [0.25, 0.3) is 0 Å². The highest BCUT2D eigenvalue weighted by Crippen LogP contribution is 2.21. The van der Waals surface area contributed by atoms with Gasteiger partial charge in [0.25, 0.3) is 11.5 Å². The molecular formula is C15H24N4O3. The first-order valence-corrected chi connectivity index (χ1v) is 7.47. The molecule has 0 radical (unpaired) electrons. The predicted molar refractivity (Wildman–Crippen MR) is 82.9 cm³/mol. The van der Waals surface area contributed by atoms with Crippen LogP contribution < -0.4 is 5.56 Å². The lowest BCUT2D eigenvalue weighted by Crippen LogP contribution is -2.36. The van der Waals surface area contributed by atoms with Crippen LogP contribution in [0.2, 0.25) is 0 Å². The fraction of sp³-hybridized carbons (Fsp3) is 0.667. The van der Waals surface area contributed by atoms with Crippen LogP contribution in [0.5, 0.6) is 0 Å². The highest BCUT2D eigenvalue weighted by molar-refractivity contribution is 5.92. The van der Waals surface area contributed by atoms with Crippen molar-refractivity contribution in [3.05, 3.63) is 28.2 Å². The lowest BCUT2D eigenvalue weighted by Gasteiger charge is -2.22. The van der Waals surface area contributed by atoms with E-state index in [4.69, 9.17) is 4.74 Å². The van der Waals surface area contributed by atoms with Gasteiger partial charge in [-0.2, -0.15) is 5.10 Å². The summed E-state index contributed by atoms with van der Waals surface area (Å²) in [6, 6.07) is 3.24. The molecule has 1 fully saturated rings. The number of amides is 1. The van der Waals surface area contributed by atoms with Crippen molar-refractivity contribution in [2.45, 2.75) is 19.5 Å². The largest absolute Gasteiger partial charge is 0.383 e. The van der Waals surface area contributed by atoms with E-state index in [1.165, 1.54) is 16.8 Å². The number of likely N-dealkylation sites (tertiary alicyclic amines) is 1. The minimum absolute atomic E-state index is 0.123. The van der Waals surface area contributed by atoms with Gasteiger partial charge < -0.3 is 14.5 Å². The lowest BCUT2D eigenvalue weighted by molar-refractivity contribution is 0.0771. The molecule has 1 saturated heterocycles. The van der Waals surface area contributed by atoms with Crippen LogP contribution in [-0.2, 0) is 11.3 Å². The number of aromatic nitrogens is 2. The molecule has 22 heavy (non-hydrogen) atoms. The zero-order valence-electron chi connectivity index (χ0n) is 13.7. The summed E-state index contributed by atoms with van der Waals surface area (Å²) in [6.07, 6.45) is 0. The quantitative estimate of drug-likeness (QED) is 0.760. The van der Waals surface area contributed by atoms with E-state index in [0.29, 0.717) is 43.9 Å². The van der Waals surface area contributed by atoms with Gasteiger partial charge in [-0.05, 0) is 26.1 Å². The second-order valence-electron chi connectivity index (χ2n) is 5.99. The second-order valence-corrected chi connectivity index (χ2v) is 5.99. The fourth-order valence-corrected chi connectivity index (χ4v) is 2.85. The number of likely N-dealkylation sites (N-methyl/N-ethyl adjacent to an activating group) is 1. The number of rotatable bonds is 5. The average molecular weight is 308 g/mol. The third-order valence-corrected chi connectivity index (χ3v) is 4.12. The molecule has 7 nitrogen and oxygen atoms in total. The number of carbonyl (C=O) groups is 1. The standard InChI is InChI=1S/C15H24N4O3/c1-11-9-18(10-13(11)17(2)3)15(21)12-5-6-14(20)19(16-12)7-8-22-4/h5-6,11,13H,7-10H2,1-4H3/t11-,13-/m0/s1. The van der Waals surface area contributed by atoms with E-state index < -0.39 is 0 Å². The van der Waals surface area contributed by atoms with Crippen molar-refractivity contribution >= 4 is 5.91 Å². The molecule has 0 saturated carbocycles. The van der Waals surface area contributed by atoms with Gasteiger partial charge in [0.05, 0.1) is 13.2 Å². The number of hydrogen-bond acceptors (Lipinski definition) is 5. The third kappa shape index (κ3) is 3.53. The molecule has 0 aromatic carbocycles. The van der Waals surface area contributed by atoms with Crippen molar-refractivity contribution in [2.24, 2.45) is 5.92 Å². The Kier molecular flexibility index (Phi) is 5.31. The number of ether oxygens (including phenoxy) is 1. The Hall–Kier alpha value is -1.73. The normalized spacial score (nSPS) is 21.6. The summed E-state index contributed by atoms with van der Waals surface area (Å²) in [5, 5.41) is 4.17. The molecule has 0 aliphatic carbocycles. The van der Waals surface area contributed by atoms with Crippen LogP contribution >= 0.6 is 0 Å². The van der Waals surface area contributed by atoms with Crippen LogP contribution in [-0.4, -0.2) is 72.4 Å². The van der Waals surface area contributed by atoms with Gasteiger partial charge >= 0.3 is 0 Å². The SMILES string of the molecule is COCCn1nc(C(=O)N2C[C@H](C)[C@@H](N(C)C)C2)ccc1=O. The monoisotopic (exact) mass is 308 g/mol. The minimum Gasteiger partial charge on any atom is -0.383 e. The summed E-state index contributed by atoms with van der Waals surface area (Å²) in [4.78, 5) is 28.3. The maximum absolute atomic E-state index is 12.6. The molecule has 2 heterocycles. The summed E-state index contributed by atoms with van der Waals surface area (Å²) < 4.78 is 6.23. The number of carbonyl (C=O) groups excluding carboxylic acids is 1. The van der Waals surface area contributed by atoms with E-state index in [-0.39, 0.29) is 11.5 Å². The Morgan fingerprint density at radius 2 is 2.14 bits per heavy atom. The highest BCUT2D eigenvalue weighted by atomic mass is 16.5. The van der Waals surface area contributed by atoms with Gasteiger partial charge in [0.15, 0.2) is 0 Å². The molecule has 0 spiro atoms. The van der Waals surface area contributed by atoms with E-state index >= 15 is 0 Å². The van der Waals surface area contributed by atoms with Gasteiger partial charge in [-0.3, -0.25) is 9.59 Å². The van der Waals surface area contributed by atoms with Gasteiger partial charge in [0, 0.05) is 32.3 Å². The Morgan fingerprint density at radius 3 is 2.73 bits per heavy atom. The van der Waals surface area contributed by atoms with E-state index in [0.717, 1.165) is 0 Å². The molecule has 2 rings (SSSR count). The Labute approximate surface area is 130 Å². The van der Waals surface area contributed by atoms with E-state index in [2.05, 4.69) is 16.9 Å². The molecule has 0 unspecified atom stereocenters. The summed E-state index contributed by atoms with van der Waals surface area (Å²) in [5.41, 5.74) is 0.0804. The first-order chi connectivity index (χ1) is 10.4. The van der Waals surface area contributed by atoms with Crippen LogP contribution in [0, 0.1) is 5.92 Å². The van der Waals surface area contributed by atoms with Gasteiger partial charge in [-0.25, -0.2) is 4.68 Å². The van der Waals surface area contributed by atoms with Crippen LogP contribution in [0.1, 0.15) is 17.4 Å². The van der Waals surface area contributed by atoms with Crippen LogP contribution in [0.15, 0.2) is 16.9 Å². The van der Waals surface area contributed by atoms with Gasteiger partial charge in [0.2, 0.25) is 0 Å². The summed E-state index contributed by atoms with van der Waals surface area (Å²) >= 11 is 0. The smallest absolute Gasteiger partial charge is 0.274 e. The molecular weight excluding hydrogens is 284 g/mol. The molecule has 0 N–H and O–H groups in total. The van der Waals surface area contributed by atoms with Crippen molar-refractivity contribution in [3.63, 3.8) is 0 Å². The Balaban J connectivity index is 2.15. The van der Waals surface area contributed by atoms with Crippen LogP contribution in [0.3, 0.4) is 0 Å². The molecule has 1 aromatic heterocycles. The molecule has 1 amide bonds. The van der Waals surface area contributed by atoms with Gasteiger partial charge in [0.1, 0.15) is 5.69 Å². The van der Waals surface area contributed by atoms with E-state index in [1.807, 2.05) is 19.0 Å². The second kappa shape index (κ2) is 7.02. The average Bonchev–Trinajstić information content (AvgIpc) is 2.88. The van der Waals surface area contributed by atoms with Crippen molar-refractivity contribution in [3.8, 4) is 0 Å². The zero-order valence-corrected chi connectivity index (χ0v) is 13.7. The van der Waals surface area contributed by atoms with Crippen molar-refractivity contribution in [2.75, 3.05) is 40.9 Å². The maximum atomic E-state index is 12.6. The minimum atomic E-state index is -0.227. The topological polar surface area (TPSA) is 67.7 Å². The van der Waals surface area contributed by atoms with Gasteiger partial charge in [-0.1, -0.05) is 6.92 Å². The summed E-state index contributed by atoms with van der Waals surface area (Å²) in [6.45, 7) is 4.26. The van der Waals surface area contributed by atoms with Crippen molar-refractivity contribution in [1.82, 2.24) is 19.6 Å². The number of methoxy groups -OCH3 is 1. The fourth-order valence-electron chi connectivity index (χ4n) is 2.85. The predicted octanol–water partition coefficient (Wildman–Crippen LogP) is -0.0882. The summed E-state index contributed by atoms with van der Waals surface area (Å²) in [7, 11) is 5.61. The first kappa shape index (κ1) is 16.6. The van der Waals surface area contributed by atoms with E-state index in [1.54, 1.807) is 7.11 Å². The molecule has 2 atom stereocenters. The Morgan fingerprint density at radius 1 is 1.41 bits per heavy atom. The van der Waals surface area contributed by atoms with Crippen LogP contribution in [0.4, 0.5) is 0 Å². The molecule has 1 aliphatic heterocycles. The summed E-state index contributed by atoms with van der Waals surface area (Å²) in [5.74, 6) is 0.292. The highest BCUT2D eigenvalue weighted by Gasteiger charge is 2.34. The number of hydrogen-bond donors (Lipinski definition) is 0. The molecule has 7 heteroatoms. The zero-order chi connectivity index (χ0) is 16.3. The maximum Gasteiger partial charge on any atom is 0.274 e. The third-order valence-electron chi connectivity index (χ3n) is 4.12.